The highest BCUT2D eigenvalue weighted by Gasteiger charge is 2.26. The van der Waals surface area contributed by atoms with Gasteiger partial charge in [-0.3, -0.25) is 9.78 Å². The average molecular weight is 413 g/mol. The van der Waals surface area contributed by atoms with E-state index in [0.717, 1.165) is 30.8 Å². The van der Waals surface area contributed by atoms with Crippen LogP contribution in [0.3, 0.4) is 0 Å². The predicted molar refractivity (Wildman–Crippen MR) is 115 cm³/mol. The minimum atomic E-state index is -0.204. The molecule has 1 aliphatic rings. The first kappa shape index (κ1) is 22.2. The van der Waals surface area contributed by atoms with Crippen molar-refractivity contribution in [1.82, 2.24) is 19.9 Å². The molecule has 1 aliphatic heterocycles. The number of aryl methyl sites for hydroxylation is 2. The van der Waals surface area contributed by atoms with E-state index in [2.05, 4.69) is 35.7 Å². The molecule has 0 spiro atoms. The van der Waals surface area contributed by atoms with Crippen molar-refractivity contribution >= 4 is 5.91 Å². The zero-order valence-corrected chi connectivity index (χ0v) is 18.4. The summed E-state index contributed by atoms with van der Waals surface area (Å²) in [6.07, 6.45) is 4.88. The monoisotopic (exact) mass is 412 g/mol. The van der Waals surface area contributed by atoms with Gasteiger partial charge in [-0.2, -0.15) is 4.98 Å². The molecule has 1 atom stereocenters. The van der Waals surface area contributed by atoms with Crippen molar-refractivity contribution < 1.29 is 14.3 Å². The van der Waals surface area contributed by atoms with E-state index < -0.39 is 0 Å². The Morgan fingerprint density at radius 1 is 1.33 bits per heavy atom. The van der Waals surface area contributed by atoms with Crippen molar-refractivity contribution in [3.05, 3.63) is 47.2 Å². The number of carbonyl (C=O) groups is 1. The number of hydrogen-bond donors (Lipinski definition) is 0. The number of rotatable bonds is 8. The van der Waals surface area contributed by atoms with Crippen molar-refractivity contribution in [1.29, 1.82) is 0 Å². The third kappa shape index (κ3) is 5.98. The van der Waals surface area contributed by atoms with Gasteiger partial charge in [0.25, 0.3) is 5.91 Å². The molecular formula is C23H32N4O3. The number of hydrogen-bond acceptors (Lipinski definition) is 6. The minimum absolute atomic E-state index is 0.0645. The summed E-state index contributed by atoms with van der Waals surface area (Å²) < 4.78 is 11.7. The lowest BCUT2D eigenvalue weighted by atomic mass is 10.1. The van der Waals surface area contributed by atoms with Crippen LogP contribution in [0.2, 0.25) is 0 Å². The van der Waals surface area contributed by atoms with E-state index in [1.54, 1.807) is 4.90 Å². The number of unbranched alkanes of at least 4 members (excludes halogenated alkanes) is 1. The highest BCUT2D eigenvalue weighted by molar-refractivity contribution is 5.92. The van der Waals surface area contributed by atoms with Gasteiger partial charge in [0, 0.05) is 30.4 Å². The molecule has 30 heavy (non-hydrogen) atoms. The van der Waals surface area contributed by atoms with E-state index in [1.165, 1.54) is 5.56 Å². The number of ether oxygens (including phenoxy) is 2. The lowest BCUT2D eigenvalue weighted by Crippen LogP contribution is -2.47. The van der Waals surface area contributed by atoms with Gasteiger partial charge in [-0.1, -0.05) is 33.3 Å². The van der Waals surface area contributed by atoms with Crippen LogP contribution < -0.4 is 4.74 Å². The van der Waals surface area contributed by atoms with E-state index in [9.17, 15) is 4.79 Å². The Bertz CT molecular complexity index is 839. The smallest absolute Gasteiger partial charge is 0.272 e. The molecule has 0 aromatic carbocycles. The number of morpholine rings is 1. The van der Waals surface area contributed by atoms with Crippen LogP contribution in [0.15, 0.2) is 24.4 Å². The Kier molecular flexibility index (Phi) is 7.74. The molecule has 0 N–H and O–H groups in total. The lowest BCUT2D eigenvalue weighted by Gasteiger charge is -2.32. The van der Waals surface area contributed by atoms with E-state index in [1.807, 2.05) is 31.3 Å². The Labute approximate surface area is 178 Å². The van der Waals surface area contributed by atoms with Crippen molar-refractivity contribution in [2.75, 3.05) is 26.3 Å². The third-order valence-electron chi connectivity index (χ3n) is 5.07. The van der Waals surface area contributed by atoms with Crippen LogP contribution in [0, 0.1) is 6.92 Å². The molecule has 1 unspecified atom stereocenters. The molecule has 7 heteroatoms. The second kappa shape index (κ2) is 10.5. The Morgan fingerprint density at radius 2 is 2.17 bits per heavy atom. The first-order valence-corrected chi connectivity index (χ1v) is 10.8. The molecule has 0 saturated carbocycles. The predicted octanol–water partition coefficient (Wildman–Crippen LogP) is 3.57. The number of nitrogens with zero attached hydrogens (tertiary/aromatic N) is 4. The van der Waals surface area contributed by atoms with Crippen LogP contribution in [0.25, 0.3) is 0 Å². The second-order valence-corrected chi connectivity index (χ2v) is 8.07. The van der Waals surface area contributed by atoms with Crippen molar-refractivity contribution in [2.24, 2.45) is 0 Å². The standard InChI is InChI=1S/C23H32N4O3/c1-5-6-7-18-8-9-20(24-13-18)23(28)27-10-11-29-19(14-27)15-30-21-12-17(4)25-22(26-21)16(2)3/h8-9,12-13,16,19H,5-7,10-11,14-15H2,1-4H3. The summed E-state index contributed by atoms with van der Waals surface area (Å²) in [4.78, 5) is 27.9. The second-order valence-electron chi connectivity index (χ2n) is 8.07. The molecule has 2 aromatic heterocycles. The zero-order valence-electron chi connectivity index (χ0n) is 18.4. The van der Waals surface area contributed by atoms with Gasteiger partial charge in [0.2, 0.25) is 5.88 Å². The molecule has 3 heterocycles. The summed E-state index contributed by atoms with van der Waals surface area (Å²) in [5.41, 5.74) is 2.52. The molecular weight excluding hydrogens is 380 g/mol. The van der Waals surface area contributed by atoms with Gasteiger partial charge in [0.15, 0.2) is 0 Å². The normalized spacial score (nSPS) is 16.7. The van der Waals surface area contributed by atoms with Crippen molar-refractivity contribution in [3.8, 4) is 5.88 Å². The fourth-order valence-electron chi connectivity index (χ4n) is 3.32. The van der Waals surface area contributed by atoms with Crippen LogP contribution in [0.1, 0.15) is 67.1 Å². The number of pyridine rings is 1. The maximum absolute atomic E-state index is 12.9. The molecule has 7 nitrogen and oxygen atoms in total. The van der Waals surface area contributed by atoms with Gasteiger partial charge in [-0.05, 0) is 31.4 Å². The van der Waals surface area contributed by atoms with Gasteiger partial charge in [-0.15, -0.1) is 0 Å². The lowest BCUT2D eigenvalue weighted by molar-refractivity contribution is -0.0409. The van der Waals surface area contributed by atoms with E-state index in [-0.39, 0.29) is 17.9 Å². The number of aromatic nitrogens is 3. The van der Waals surface area contributed by atoms with Gasteiger partial charge < -0.3 is 14.4 Å². The molecule has 1 fully saturated rings. The molecule has 1 amide bonds. The van der Waals surface area contributed by atoms with Gasteiger partial charge in [-0.25, -0.2) is 4.98 Å². The molecule has 3 rings (SSSR count). The highest BCUT2D eigenvalue weighted by atomic mass is 16.5. The van der Waals surface area contributed by atoms with E-state index >= 15 is 0 Å². The molecule has 0 aliphatic carbocycles. The van der Waals surface area contributed by atoms with Gasteiger partial charge in [0.1, 0.15) is 24.2 Å². The van der Waals surface area contributed by atoms with Crippen LogP contribution in [0.5, 0.6) is 5.88 Å². The molecule has 2 aromatic rings. The van der Waals surface area contributed by atoms with Gasteiger partial charge in [0.05, 0.1) is 13.2 Å². The van der Waals surface area contributed by atoms with Crippen molar-refractivity contribution in [2.45, 2.75) is 59.0 Å². The summed E-state index contributed by atoms with van der Waals surface area (Å²) >= 11 is 0. The van der Waals surface area contributed by atoms with Crippen LogP contribution >= 0.6 is 0 Å². The topological polar surface area (TPSA) is 77.4 Å². The fourth-order valence-corrected chi connectivity index (χ4v) is 3.32. The largest absolute Gasteiger partial charge is 0.475 e. The van der Waals surface area contributed by atoms with E-state index in [0.29, 0.717) is 37.9 Å². The summed E-state index contributed by atoms with van der Waals surface area (Å²) in [6, 6.07) is 5.65. The zero-order chi connectivity index (χ0) is 21.5. The Hall–Kier alpha value is -2.54. The third-order valence-corrected chi connectivity index (χ3v) is 5.07. The highest BCUT2D eigenvalue weighted by Crippen LogP contribution is 2.17. The first-order chi connectivity index (χ1) is 14.5. The summed E-state index contributed by atoms with van der Waals surface area (Å²) in [6.45, 7) is 10.0. The molecule has 0 bridgehead atoms. The number of amides is 1. The van der Waals surface area contributed by atoms with Crippen LogP contribution in [0.4, 0.5) is 0 Å². The van der Waals surface area contributed by atoms with E-state index in [4.69, 9.17) is 9.47 Å². The average Bonchev–Trinajstić information content (AvgIpc) is 2.76. The summed E-state index contributed by atoms with van der Waals surface area (Å²) in [5.74, 6) is 1.47. The summed E-state index contributed by atoms with van der Waals surface area (Å²) in [7, 11) is 0. The van der Waals surface area contributed by atoms with Crippen molar-refractivity contribution in [3.63, 3.8) is 0 Å². The Balaban J connectivity index is 1.57. The Morgan fingerprint density at radius 3 is 2.87 bits per heavy atom. The van der Waals surface area contributed by atoms with Crippen LogP contribution in [-0.2, 0) is 11.2 Å². The molecule has 0 radical (unpaired) electrons. The summed E-state index contributed by atoms with van der Waals surface area (Å²) in [5, 5.41) is 0. The quantitative estimate of drug-likeness (QED) is 0.660. The van der Waals surface area contributed by atoms with Crippen LogP contribution in [-0.4, -0.2) is 58.2 Å². The first-order valence-electron chi connectivity index (χ1n) is 10.8. The maximum Gasteiger partial charge on any atom is 0.272 e. The molecule has 162 valence electrons. The minimum Gasteiger partial charge on any atom is -0.475 e. The molecule has 1 saturated heterocycles. The van der Waals surface area contributed by atoms with Gasteiger partial charge >= 0.3 is 0 Å². The number of carbonyl (C=O) groups excluding carboxylic acids is 1. The maximum atomic E-state index is 12.9. The fraction of sp³-hybridized carbons (Fsp3) is 0.565. The SMILES string of the molecule is CCCCc1ccc(C(=O)N2CCOC(COc3cc(C)nc(C(C)C)n3)C2)nc1.